The molecule has 2 heterocycles. The second-order valence-corrected chi connectivity index (χ2v) is 9.56. The van der Waals surface area contributed by atoms with E-state index in [1.165, 1.54) is 22.7 Å². The van der Waals surface area contributed by atoms with E-state index in [9.17, 15) is 14.0 Å². The molecule has 4 rings (SSSR count). The topological polar surface area (TPSA) is 73.2 Å². The number of rotatable bonds is 7. The number of carbonyl (C=O) groups excluding carboxylic acids is 1. The number of aryl methyl sites for hydroxylation is 3. The van der Waals surface area contributed by atoms with Crippen LogP contribution in [-0.2, 0) is 28.9 Å². The normalized spacial score (nSPS) is 13.4. The van der Waals surface area contributed by atoms with Crippen LogP contribution in [0.2, 0.25) is 0 Å². The van der Waals surface area contributed by atoms with E-state index >= 15 is 0 Å². The third-order valence-corrected chi connectivity index (χ3v) is 7.51. The van der Waals surface area contributed by atoms with Crippen molar-refractivity contribution in [2.75, 3.05) is 24.8 Å². The summed E-state index contributed by atoms with van der Waals surface area (Å²) in [6.07, 6.45) is 4.14. The number of benzene rings is 1. The molecule has 9 heteroatoms. The lowest BCUT2D eigenvalue weighted by Crippen LogP contribution is -2.26. The molecule has 1 aliphatic rings. The zero-order valence-corrected chi connectivity index (χ0v) is 19.1. The van der Waals surface area contributed by atoms with E-state index in [0.29, 0.717) is 29.6 Å². The van der Waals surface area contributed by atoms with Crippen molar-refractivity contribution in [3.8, 4) is 0 Å². The van der Waals surface area contributed by atoms with Gasteiger partial charge < -0.3 is 10.1 Å². The van der Waals surface area contributed by atoms with Crippen LogP contribution >= 0.6 is 23.1 Å². The van der Waals surface area contributed by atoms with Gasteiger partial charge in [0.1, 0.15) is 10.6 Å². The van der Waals surface area contributed by atoms with Crippen LogP contribution in [0.25, 0.3) is 10.2 Å². The van der Waals surface area contributed by atoms with E-state index in [2.05, 4.69) is 5.32 Å². The number of carbonyl (C=O) groups is 1. The van der Waals surface area contributed by atoms with Crippen LogP contribution in [0.15, 0.2) is 28.2 Å². The maximum absolute atomic E-state index is 13.7. The van der Waals surface area contributed by atoms with E-state index in [-0.39, 0.29) is 23.0 Å². The molecule has 31 heavy (non-hydrogen) atoms. The molecule has 0 saturated carbocycles. The van der Waals surface area contributed by atoms with Gasteiger partial charge in [-0.3, -0.25) is 14.2 Å². The van der Waals surface area contributed by atoms with Gasteiger partial charge in [0.05, 0.1) is 24.3 Å². The highest BCUT2D eigenvalue weighted by Crippen LogP contribution is 2.34. The molecule has 0 bridgehead atoms. The number of ether oxygens (including phenoxy) is 1. The largest absolute Gasteiger partial charge is 0.383 e. The Labute approximate surface area is 187 Å². The predicted molar refractivity (Wildman–Crippen MR) is 123 cm³/mol. The lowest BCUT2D eigenvalue weighted by Gasteiger charge is -2.13. The van der Waals surface area contributed by atoms with Crippen LogP contribution in [-0.4, -0.2) is 34.9 Å². The minimum absolute atomic E-state index is 0.0610. The van der Waals surface area contributed by atoms with Crippen LogP contribution in [0.5, 0.6) is 0 Å². The van der Waals surface area contributed by atoms with Crippen LogP contribution in [0, 0.1) is 12.7 Å². The maximum Gasteiger partial charge on any atom is 0.263 e. The number of thiophene rings is 1. The molecular weight excluding hydrogens is 437 g/mol. The number of nitrogens with zero attached hydrogens (tertiary/aromatic N) is 2. The molecule has 1 aromatic carbocycles. The lowest BCUT2D eigenvalue weighted by molar-refractivity contribution is -0.113. The molecule has 3 aromatic rings. The first-order valence-electron chi connectivity index (χ1n) is 10.2. The number of amides is 1. The van der Waals surface area contributed by atoms with Crippen LogP contribution in [0.3, 0.4) is 0 Å². The smallest absolute Gasteiger partial charge is 0.263 e. The number of fused-ring (bicyclic) bond motifs is 3. The lowest BCUT2D eigenvalue weighted by atomic mass is 9.97. The van der Waals surface area contributed by atoms with Gasteiger partial charge >= 0.3 is 0 Å². The predicted octanol–water partition coefficient (Wildman–Crippen LogP) is 4.16. The summed E-state index contributed by atoms with van der Waals surface area (Å²) in [5.74, 6) is -0.593. The first kappa shape index (κ1) is 22.0. The van der Waals surface area contributed by atoms with Crippen molar-refractivity contribution in [1.82, 2.24) is 9.55 Å². The highest BCUT2D eigenvalue weighted by molar-refractivity contribution is 7.99. The number of aromatic nitrogens is 2. The summed E-state index contributed by atoms with van der Waals surface area (Å²) < 4.78 is 20.5. The number of hydrogen-bond donors (Lipinski definition) is 1. The standard InChI is InChI=1S/C22H24FN3O3S2/c1-13-7-8-14(11-16(13)23)24-18(27)12-30-22-25-20-19(21(28)26(22)9-10-29-2)15-5-3-4-6-17(15)31-20/h7-8,11H,3-6,9-10,12H2,1-2H3,(H,24,27). The Hall–Kier alpha value is -2.23. The van der Waals surface area contributed by atoms with Gasteiger partial charge in [-0.1, -0.05) is 17.8 Å². The quantitative estimate of drug-likeness (QED) is 0.423. The Balaban J connectivity index is 1.59. The Kier molecular flexibility index (Phi) is 6.74. The van der Waals surface area contributed by atoms with Gasteiger partial charge in [0, 0.05) is 17.7 Å². The fourth-order valence-electron chi connectivity index (χ4n) is 3.71. The minimum Gasteiger partial charge on any atom is -0.383 e. The second-order valence-electron chi connectivity index (χ2n) is 7.54. The molecule has 0 radical (unpaired) electrons. The monoisotopic (exact) mass is 461 g/mol. The highest BCUT2D eigenvalue weighted by Gasteiger charge is 2.22. The van der Waals surface area contributed by atoms with Gasteiger partial charge in [-0.25, -0.2) is 9.37 Å². The first-order valence-corrected chi connectivity index (χ1v) is 12.0. The van der Waals surface area contributed by atoms with E-state index in [4.69, 9.17) is 9.72 Å². The Morgan fingerprint density at radius 2 is 2.16 bits per heavy atom. The molecule has 0 spiro atoms. The van der Waals surface area contributed by atoms with Crippen LogP contribution in [0.4, 0.5) is 10.1 Å². The van der Waals surface area contributed by atoms with Gasteiger partial charge in [-0.15, -0.1) is 11.3 Å². The minimum atomic E-state index is -0.368. The average molecular weight is 462 g/mol. The van der Waals surface area contributed by atoms with Crippen molar-refractivity contribution in [2.24, 2.45) is 0 Å². The number of methoxy groups -OCH3 is 1. The summed E-state index contributed by atoms with van der Waals surface area (Å²) in [4.78, 5) is 32.5. The summed E-state index contributed by atoms with van der Waals surface area (Å²) >= 11 is 2.79. The van der Waals surface area contributed by atoms with Crippen molar-refractivity contribution < 1.29 is 13.9 Å². The third-order valence-electron chi connectivity index (χ3n) is 5.35. The maximum atomic E-state index is 13.7. The van der Waals surface area contributed by atoms with Gasteiger partial charge in [-0.2, -0.15) is 0 Å². The first-order chi connectivity index (χ1) is 15.0. The van der Waals surface area contributed by atoms with E-state index in [1.807, 2.05) is 0 Å². The van der Waals surface area contributed by atoms with Crippen molar-refractivity contribution >= 4 is 44.9 Å². The molecule has 6 nitrogen and oxygen atoms in total. The van der Waals surface area contributed by atoms with Crippen molar-refractivity contribution in [3.63, 3.8) is 0 Å². The van der Waals surface area contributed by atoms with Crippen LogP contribution in [0.1, 0.15) is 28.8 Å². The molecule has 0 saturated heterocycles. The molecule has 0 atom stereocenters. The number of halogens is 1. The number of anilines is 1. The zero-order valence-electron chi connectivity index (χ0n) is 17.5. The summed E-state index contributed by atoms with van der Waals surface area (Å²) in [7, 11) is 1.59. The van der Waals surface area contributed by atoms with Crippen LogP contribution < -0.4 is 10.9 Å². The third kappa shape index (κ3) is 4.68. The second kappa shape index (κ2) is 9.50. The molecule has 0 unspecified atom stereocenters. The summed E-state index contributed by atoms with van der Waals surface area (Å²) in [6.45, 7) is 2.41. The number of thioether (sulfide) groups is 1. The van der Waals surface area contributed by atoms with E-state index in [1.54, 1.807) is 42.1 Å². The van der Waals surface area contributed by atoms with Gasteiger partial charge in [0.25, 0.3) is 5.56 Å². The fourth-order valence-corrected chi connectivity index (χ4v) is 5.84. The zero-order chi connectivity index (χ0) is 22.0. The van der Waals surface area contributed by atoms with Crippen molar-refractivity contribution in [1.29, 1.82) is 0 Å². The average Bonchev–Trinajstić information content (AvgIpc) is 3.13. The van der Waals surface area contributed by atoms with Gasteiger partial charge in [-0.05, 0) is 55.9 Å². The summed E-state index contributed by atoms with van der Waals surface area (Å²) in [5.41, 5.74) is 2.00. The summed E-state index contributed by atoms with van der Waals surface area (Å²) in [6, 6.07) is 4.58. The fraction of sp³-hybridized carbons (Fsp3) is 0.409. The molecule has 0 fully saturated rings. The molecule has 2 aromatic heterocycles. The van der Waals surface area contributed by atoms with E-state index in [0.717, 1.165) is 41.5 Å². The van der Waals surface area contributed by atoms with E-state index < -0.39 is 0 Å². The van der Waals surface area contributed by atoms with Crippen molar-refractivity contribution in [3.05, 3.63) is 50.4 Å². The Bertz CT molecular complexity index is 1190. The summed E-state index contributed by atoms with van der Waals surface area (Å²) in [5, 5.41) is 3.92. The molecule has 1 amide bonds. The number of hydrogen-bond acceptors (Lipinski definition) is 6. The SMILES string of the molecule is COCCn1c(SCC(=O)Nc2ccc(C)c(F)c2)nc2sc3c(c2c1=O)CCCC3. The van der Waals surface area contributed by atoms with Crippen molar-refractivity contribution in [2.45, 2.75) is 44.3 Å². The Morgan fingerprint density at radius 3 is 2.94 bits per heavy atom. The number of nitrogens with one attached hydrogen (secondary N) is 1. The molecule has 1 N–H and O–H groups in total. The van der Waals surface area contributed by atoms with Gasteiger partial charge in [0.2, 0.25) is 5.91 Å². The molecule has 0 aliphatic heterocycles. The molecular formula is C22H24FN3O3S2. The molecule has 1 aliphatic carbocycles. The Morgan fingerprint density at radius 1 is 1.35 bits per heavy atom. The van der Waals surface area contributed by atoms with Gasteiger partial charge in [0.15, 0.2) is 5.16 Å². The molecule has 164 valence electrons. The highest BCUT2D eigenvalue weighted by atomic mass is 32.2.